The van der Waals surface area contributed by atoms with Crippen LogP contribution in [0.3, 0.4) is 0 Å². The van der Waals surface area contributed by atoms with Gasteiger partial charge in [0.15, 0.2) is 0 Å². The Balaban J connectivity index is 2.24. The zero-order chi connectivity index (χ0) is 15.4. The van der Waals surface area contributed by atoms with Crippen molar-refractivity contribution in [1.29, 1.82) is 0 Å². The van der Waals surface area contributed by atoms with Gasteiger partial charge < -0.3 is 10.3 Å². The maximum Gasteiger partial charge on any atom is 0.266 e. The highest BCUT2D eigenvalue weighted by Crippen LogP contribution is 2.35. The zero-order valence-electron chi connectivity index (χ0n) is 12.4. The highest BCUT2D eigenvalue weighted by atomic mass is 32.2. The van der Waals surface area contributed by atoms with E-state index in [1.807, 2.05) is 0 Å². The quantitative estimate of drug-likeness (QED) is 0.743. The summed E-state index contributed by atoms with van der Waals surface area (Å²) in [5.74, 6) is -0.302. The molecule has 0 bridgehead atoms. The molecular weight excluding hydrogens is 288 g/mol. The first-order chi connectivity index (χ1) is 9.78. The van der Waals surface area contributed by atoms with Crippen molar-refractivity contribution in [2.75, 3.05) is 12.3 Å². The summed E-state index contributed by atoms with van der Waals surface area (Å²) in [6.45, 7) is 6.97. The van der Waals surface area contributed by atoms with Gasteiger partial charge in [0, 0.05) is 16.6 Å². The molecule has 6 heteroatoms. The maximum atomic E-state index is 11.2. The molecule has 0 amide bonds. The number of aryl methyl sites for hydroxylation is 3. The molecule has 0 fully saturated rings. The number of aromatic amines is 1. The van der Waals surface area contributed by atoms with E-state index in [0.29, 0.717) is 6.54 Å². The van der Waals surface area contributed by atoms with Crippen LogP contribution in [0.2, 0.25) is 0 Å². The minimum atomic E-state index is -4.01. The summed E-state index contributed by atoms with van der Waals surface area (Å²) in [6.07, 6.45) is 0.862. The number of aromatic nitrogens is 1. The lowest BCUT2D eigenvalue weighted by Crippen LogP contribution is -2.34. The molecule has 1 aliphatic rings. The van der Waals surface area contributed by atoms with Crippen LogP contribution in [-0.4, -0.2) is 30.3 Å². The summed E-state index contributed by atoms with van der Waals surface area (Å²) in [5.41, 5.74) is 6.79. The van der Waals surface area contributed by atoms with Gasteiger partial charge in [0.2, 0.25) is 0 Å². The van der Waals surface area contributed by atoms with Crippen molar-refractivity contribution in [3.63, 3.8) is 0 Å². The van der Waals surface area contributed by atoms with Gasteiger partial charge in [-0.2, -0.15) is 8.42 Å². The summed E-state index contributed by atoms with van der Waals surface area (Å²) in [5, 5.41) is 4.39. The van der Waals surface area contributed by atoms with Crippen molar-refractivity contribution < 1.29 is 13.0 Å². The van der Waals surface area contributed by atoms with Crippen molar-refractivity contribution in [2.45, 2.75) is 33.2 Å². The van der Waals surface area contributed by atoms with Gasteiger partial charge in [-0.25, -0.2) is 0 Å². The van der Waals surface area contributed by atoms with Crippen LogP contribution >= 0.6 is 0 Å². The average Bonchev–Trinajstić information content (AvgIpc) is 2.75. The molecule has 21 heavy (non-hydrogen) atoms. The molecule has 0 aliphatic carbocycles. The van der Waals surface area contributed by atoms with Crippen molar-refractivity contribution in [3.05, 3.63) is 34.0 Å². The Morgan fingerprint density at radius 2 is 2.00 bits per heavy atom. The second kappa shape index (κ2) is 4.83. The summed E-state index contributed by atoms with van der Waals surface area (Å²) in [4.78, 5) is 3.39. The number of H-pyrrole nitrogens is 1. The summed E-state index contributed by atoms with van der Waals surface area (Å²) < 4.78 is 31.6. The zero-order valence-corrected chi connectivity index (χ0v) is 13.3. The fraction of sp³-hybridized carbons (Fsp3) is 0.467. The Kier molecular flexibility index (Phi) is 3.35. The first kappa shape index (κ1) is 14.6. The number of nitrogens with one attached hydrogen (secondary N) is 2. The largest absolute Gasteiger partial charge is 0.357 e. The number of rotatable bonds is 2. The van der Waals surface area contributed by atoms with E-state index in [2.05, 4.69) is 37.1 Å². The van der Waals surface area contributed by atoms with Crippen LogP contribution in [0.25, 0.3) is 10.9 Å². The first-order valence-electron chi connectivity index (χ1n) is 7.07. The molecule has 1 aromatic heterocycles. The molecule has 0 spiro atoms. The SMILES string of the molecule is Cc1cc(C)c2[nH]c3c(c2c1C)CCNC3CS(=O)(=O)O. The van der Waals surface area contributed by atoms with Crippen LogP contribution in [0.5, 0.6) is 0 Å². The molecule has 3 N–H and O–H groups in total. The van der Waals surface area contributed by atoms with Gasteiger partial charge in [-0.3, -0.25) is 4.55 Å². The highest BCUT2D eigenvalue weighted by molar-refractivity contribution is 7.85. The second-order valence-corrected chi connectivity index (χ2v) is 7.41. The standard InChI is InChI=1S/C15H20N2O3S/c1-8-6-9(2)14-13(10(8)3)11-4-5-16-12(15(11)17-14)7-21(18,19)20/h6,12,16-17H,4-5,7H2,1-3H3,(H,18,19,20). The Morgan fingerprint density at radius 3 is 2.67 bits per heavy atom. The third-order valence-corrected chi connectivity index (χ3v) is 5.18. The molecule has 1 unspecified atom stereocenters. The van der Waals surface area contributed by atoms with Gasteiger partial charge in [0.05, 0.1) is 11.8 Å². The van der Waals surface area contributed by atoms with E-state index in [4.69, 9.17) is 4.55 Å². The Hall–Kier alpha value is -1.37. The van der Waals surface area contributed by atoms with Crippen molar-refractivity contribution in [1.82, 2.24) is 10.3 Å². The van der Waals surface area contributed by atoms with Crippen LogP contribution in [0, 0.1) is 20.8 Å². The van der Waals surface area contributed by atoms with Gasteiger partial charge in [-0.1, -0.05) is 6.07 Å². The molecule has 2 aromatic rings. The number of benzene rings is 1. The summed E-state index contributed by atoms with van der Waals surface area (Å²) in [6, 6.07) is 1.76. The fourth-order valence-electron chi connectivity index (χ4n) is 3.35. The van der Waals surface area contributed by atoms with Gasteiger partial charge in [0.25, 0.3) is 10.1 Å². The fourth-order valence-corrected chi connectivity index (χ4v) is 4.06. The van der Waals surface area contributed by atoms with E-state index >= 15 is 0 Å². The topological polar surface area (TPSA) is 82.2 Å². The van der Waals surface area contributed by atoms with Gasteiger partial charge >= 0.3 is 0 Å². The minimum absolute atomic E-state index is 0.302. The van der Waals surface area contributed by atoms with E-state index < -0.39 is 10.1 Å². The van der Waals surface area contributed by atoms with E-state index in [0.717, 1.165) is 23.2 Å². The first-order valence-corrected chi connectivity index (χ1v) is 8.68. The van der Waals surface area contributed by atoms with Gasteiger partial charge in [-0.05, 0) is 56.0 Å². The molecule has 0 radical (unpaired) electrons. The van der Waals surface area contributed by atoms with E-state index in [-0.39, 0.29) is 11.8 Å². The lowest BCUT2D eigenvalue weighted by Gasteiger charge is -2.23. The van der Waals surface area contributed by atoms with Crippen molar-refractivity contribution >= 4 is 21.0 Å². The monoisotopic (exact) mass is 308 g/mol. The third-order valence-electron chi connectivity index (χ3n) is 4.42. The molecule has 2 heterocycles. The lowest BCUT2D eigenvalue weighted by molar-refractivity contribution is 0.459. The Labute approximate surface area is 124 Å². The molecule has 0 saturated carbocycles. The summed E-state index contributed by atoms with van der Waals surface area (Å²) >= 11 is 0. The predicted octanol–water partition coefficient (Wildman–Crippen LogP) is 2.17. The Bertz CT molecular complexity index is 821. The normalized spacial score (nSPS) is 19.0. The molecule has 1 aromatic carbocycles. The number of hydrogen-bond acceptors (Lipinski definition) is 3. The smallest absolute Gasteiger partial charge is 0.266 e. The Morgan fingerprint density at radius 1 is 1.29 bits per heavy atom. The third kappa shape index (κ3) is 2.47. The molecule has 1 aliphatic heterocycles. The van der Waals surface area contributed by atoms with E-state index in [9.17, 15) is 8.42 Å². The molecule has 0 saturated heterocycles. The number of fused-ring (bicyclic) bond motifs is 3. The van der Waals surface area contributed by atoms with E-state index in [1.54, 1.807) is 0 Å². The molecular formula is C15H20N2O3S. The van der Waals surface area contributed by atoms with Crippen LogP contribution in [-0.2, 0) is 16.5 Å². The molecule has 1 atom stereocenters. The van der Waals surface area contributed by atoms with Gasteiger partial charge in [0.1, 0.15) is 0 Å². The minimum Gasteiger partial charge on any atom is -0.357 e. The molecule has 5 nitrogen and oxygen atoms in total. The summed E-state index contributed by atoms with van der Waals surface area (Å²) in [7, 11) is -4.01. The van der Waals surface area contributed by atoms with Crippen LogP contribution in [0.4, 0.5) is 0 Å². The van der Waals surface area contributed by atoms with Crippen molar-refractivity contribution in [2.24, 2.45) is 0 Å². The highest BCUT2D eigenvalue weighted by Gasteiger charge is 2.28. The average molecular weight is 308 g/mol. The second-order valence-electron chi connectivity index (χ2n) is 5.91. The molecule has 114 valence electrons. The van der Waals surface area contributed by atoms with E-state index in [1.165, 1.54) is 22.1 Å². The lowest BCUT2D eigenvalue weighted by atomic mass is 9.94. The number of hydrogen-bond donors (Lipinski definition) is 3. The van der Waals surface area contributed by atoms with Crippen molar-refractivity contribution in [3.8, 4) is 0 Å². The molecule has 3 rings (SSSR count). The van der Waals surface area contributed by atoms with Crippen LogP contribution in [0.15, 0.2) is 6.07 Å². The van der Waals surface area contributed by atoms with Crippen LogP contribution in [0.1, 0.15) is 34.0 Å². The maximum absolute atomic E-state index is 11.2. The predicted molar refractivity (Wildman–Crippen MR) is 83.4 cm³/mol. The van der Waals surface area contributed by atoms with Gasteiger partial charge in [-0.15, -0.1) is 0 Å². The van der Waals surface area contributed by atoms with Crippen LogP contribution < -0.4 is 5.32 Å².